The summed E-state index contributed by atoms with van der Waals surface area (Å²) in [5.74, 6) is -0.457. The van der Waals surface area contributed by atoms with Crippen LogP contribution >= 0.6 is 0 Å². The third-order valence-electron chi connectivity index (χ3n) is 2.10. The molecule has 0 radical (unpaired) electrons. The Morgan fingerprint density at radius 1 is 1.47 bits per heavy atom. The Balaban J connectivity index is 2.64. The Kier molecular flexibility index (Phi) is 4.47. The third kappa shape index (κ3) is 4.12. The van der Waals surface area contributed by atoms with E-state index in [2.05, 4.69) is 5.32 Å². The van der Waals surface area contributed by atoms with Crippen molar-refractivity contribution in [2.75, 3.05) is 12.4 Å². The number of nitrogens with two attached hydrogens (primary N) is 2. The second-order valence-electron chi connectivity index (χ2n) is 3.50. The minimum Gasteiger partial charge on any atom is -0.497 e. The van der Waals surface area contributed by atoms with Gasteiger partial charge in [0.05, 0.1) is 19.6 Å². The first kappa shape index (κ1) is 13.0. The summed E-state index contributed by atoms with van der Waals surface area (Å²) in [4.78, 5) is 22.2. The highest BCUT2D eigenvalue weighted by molar-refractivity contribution is 5.97. The van der Waals surface area contributed by atoms with Crippen molar-refractivity contribution in [3.8, 4) is 5.75 Å². The smallest absolute Gasteiger partial charge is 0.241 e. The summed E-state index contributed by atoms with van der Waals surface area (Å²) in [6.07, 6.45) is -0.185. The average molecular weight is 237 g/mol. The van der Waals surface area contributed by atoms with Crippen molar-refractivity contribution in [3.63, 3.8) is 0 Å². The molecule has 0 spiro atoms. The number of carbonyl (C=O) groups excluding carboxylic acids is 2. The fourth-order valence-electron chi connectivity index (χ4n) is 1.25. The summed E-state index contributed by atoms with van der Waals surface area (Å²) in [6.45, 7) is 0. The quantitative estimate of drug-likeness (QED) is 0.661. The number of anilines is 1. The van der Waals surface area contributed by atoms with Gasteiger partial charge >= 0.3 is 0 Å². The van der Waals surface area contributed by atoms with Gasteiger partial charge in [0.2, 0.25) is 11.8 Å². The molecular formula is C11H15N3O3. The lowest BCUT2D eigenvalue weighted by Crippen LogP contribution is -2.38. The van der Waals surface area contributed by atoms with Gasteiger partial charge in [-0.25, -0.2) is 0 Å². The van der Waals surface area contributed by atoms with Crippen LogP contribution in [-0.2, 0) is 9.59 Å². The van der Waals surface area contributed by atoms with E-state index in [0.717, 1.165) is 0 Å². The van der Waals surface area contributed by atoms with Crippen LogP contribution in [0.3, 0.4) is 0 Å². The molecule has 1 unspecified atom stereocenters. The van der Waals surface area contributed by atoms with Crippen molar-refractivity contribution in [2.24, 2.45) is 11.5 Å². The molecule has 1 aromatic carbocycles. The van der Waals surface area contributed by atoms with E-state index in [-0.39, 0.29) is 6.42 Å². The number of hydrogen-bond acceptors (Lipinski definition) is 4. The fraction of sp³-hybridized carbons (Fsp3) is 0.273. The molecule has 0 heterocycles. The summed E-state index contributed by atoms with van der Waals surface area (Å²) in [7, 11) is 1.53. The number of carbonyl (C=O) groups is 2. The van der Waals surface area contributed by atoms with Gasteiger partial charge in [0.15, 0.2) is 0 Å². The fourth-order valence-corrected chi connectivity index (χ4v) is 1.25. The highest BCUT2D eigenvalue weighted by Gasteiger charge is 2.15. The molecule has 0 aliphatic carbocycles. The van der Waals surface area contributed by atoms with Crippen LogP contribution in [0.15, 0.2) is 24.3 Å². The van der Waals surface area contributed by atoms with Gasteiger partial charge in [-0.3, -0.25) is 9.59 Å². The maximum Gasteiger partial charge on any atom is 0.241 e. The van der Waals surface area contributed by atoms with Gasteiger partial charge in [0.1, 0.15) is 5.75 Å². The van der Waals surface area contributed by atoms with Gasteiger partial charge in [-0.05, 0) is 12.1 Å². The van der Waals surface area contributed by atoms with Crippen LogP contribution in [0, 0.1) is 0 Å². The second kappa shape index (κ2) is 5.86. The average Bonchev–Trinajstić information content (AvgIpc) is 2.28. The molecule has 17 heavy (non-hydrogen) atoms. The van der Waals surface area contributed by atoms with E-state index in [1.807, 2.05) is 0 Å². The van der Waals surface area contributed by atoms with E-state index in [1.165, 1.54) is 7.11 Å². The third-order valence-corrected chi connectivity index (χ3v) is 2.10. The summed E-state index contributed by atoms with van der Waals surface area (Å²) in [6, 6.07) is 5.87. The summed E-state index contributed by atoms with van der Waals surface area (Å²) in [5, 5.41) is 2.57. The lowest BCUT2D eigenvalue weighted by atomic mass is 10.2. The van der Waals surface area contributed by atoms with Crippen molar-refractivity contribution in [1.29, 1.82) is 0 Å². The molecule has 92 valence electrons. The number of amides is 2. The van der Waals surface area contributed by atoms with E-state index in [4.69, 9.17) is 16.2 Å². The molecule has 0 aliphatic rings. The van der Waals surface area contributed by atoms with Gasteiger partial charge < -0.3 is 21.5 Å². The zero-order chi connectivity index (χ0) is 12.8. The van der Waals surface area contributed by atoms with E-state index >= 15 is 0 Å². The van der Waals surface area contributed by atoms with Crippen LogP contribution in [0.25, 0.3) is 0 Å². The van der Waals surface area contributed by atoms with Crippen LogP contribution in [0.2, 0.25) is 0 Å². The van der Waals surface area contributed by atoms with Crippen molar-refractivity contribution < 1.29 is 14.3 Å². The topological polar surface area (TPSA) is 107 Å². The van der Waals surface area contributed by atoms with Crippen molar-refractivity contribution in [2.45, 2.75) is 12.5 Å². The van der Waals surface area contributed by atoms with E-state index in [9.17, 15) is 9.59 Å². The molecule has 0 aromatic heterocycles. The number of ether oxygens (including phenoxy) is 1. The Bertz CT molecular complexity index is 420. The number of methoxy groups -OCH3 is 1. The largest absolute Gasteiger partial charge is 0.497 e. The lowest BCUT2D eigenvalue weighted by Gasteiger charge is -2.11. The zero-order valence-electron chi connectivity index (χ0n) is 9.47. The van der Waals surface area contributed by atoms with E-state index in [1.54, 1.807) is 24.3 Å². The molecule has 0 saturated heterocycles. The minimum atomic E-state index is -0.946. The molecule has 0 aliphatic heterocycles. The normalized spacial score (nSPS) is 11.6. The molecule has 1 aromatic rings. The Morgan fingerprint density at radius 3 is 2.76 bits per heavy atom. The van der Waals surface area contributed by atoms with E-state index in [0.29, 0.717) is 11.4 Å². The monoisotopic (exact) mass is 237 g/mol. The van der Waals surface area contributed by atoms with Gasteiger partial charge in [0.25, 0.3) is 0 Å². The van der Waals surface area contributed by atoms with Crippen molar-refractivity contribution >= 4 is 17.5 Å². The van der Waals surface area contributed by atoms with Crippen LogP contribution in [0.4, 0.5) is 5.69 Å². The van der Waals surface area contributed by atoms with Gasteiger partial charge in [-0.1, -0.05) is 6.07 Å². The standard InChI is InChI=1S/C11H15N3O3/c1-17-8-4-2-3-7(5-8)14-11(16)9(12)6-10(13)15/h2-5,9H,6,12H2,1H3,(H2,13,15)(H,14,16). The van der Waals surface area contributed by atoms with Gasteiger partial charge in [-0.15, -0.1) is 0 Å². The van der Waals surface area contributed by atoms with Crippen LogP contribution < -0.4 is 21.5 Å². The Hall–Kier alpha value is -2.08. The SMILES string of the molecule is COc1cccc(NC(=O)C(N)CC(N)=O)c1. The second-order valence-corrected chi connectivity index (χ2v) is 3.50. The molecule has 2 amide bonds. The molecule has 0 fully saturated rings. The highest BCUT2D eigenvalue weighted by atomic mass is 16.5. The minimum absolute atomic E-state index is 0.185. The molecule has 5 N–H and O–H groups in total. The maximum atomic E-state index is 11.6. The molecular weight excluding hydrogens is 222 g/mol. The number of primary amides is 1. The summed E-state index contributed by atoms with van der Waals surface area (Å²) < 4.78 is 5.00. The Labute approximate surface area is 98.9 Å². The Morgan fingerprint density at radius 2 is 2.18 bits per heavy atom. The first-order valence-corrected chi connectivity index (χ1v) is 5.01. The molecule has 0 saturated carbocycles. The van der Waals surface area contributed by atoms with Crippen LogP contribution in [0.1, 0.15) is 6.42 Å². The van der Waals surface area contributed by atoms with Gasteiger partial charge in [-0.2, -0.15) is 0 Å². The first-order valence-electron chi connectivity index (χ1n) is 5.01. The first-order chi connectivity index (χ1) is 8.02. The molecule has 1 atom stereocenters. The number of nitrogens with one attached hydrogen (secondary N) is 1. The number of rotatable bonds is 5. The predicted molar refractivity (Wildman–Crippen MR) is 63.4 cm³/mol. The number of hydrogen-bond donors (Lipinski definition) is 3. The van der Waals surface area contributed by atoms with Crippen molar-refractivity contribution in [3.05, 3.63) is 24.3 Å². The molecule has 1 rings (SSSR count). The van der Waals surface area contributed by atoms with Crippen LogP contribution in [0.5, 0.6) is 5.75 Å². The van der Waals surface area contributed by atoms with Crippen molar-refractivity contribution in [1.82, 2.24) is 0 Å². The summed E-state index contributed by atoms with van der Waals surface area (Å²) >= 11 is 0. The van der Waals surface area contributed by atoms with Crippen LogP contribution in [-0.4, -0.2) is 25.0 Å². The molecule has 0 bridgehead atoms. The van der Waals surface area contributed by atoms with Gasteiger partial charge in [0, 0.05) is 11.8 Å². The zero-order valence-corrected chi connectivity index (χ0v) is 9.47. The molecule has 6 nitrogen and oxygen atoms in total. The molecule has 6 heteroatoms. The summed E-state index contributed by atoms with van der Waals surface area (Å²) in [5.41, 5.74) is 11.0. The highest BCUT2D eigenvalue weighted by Crippen LogP contribution is 2.16. The maximum absolute atomic E-state index is 11.6. The number of benzene rings is 1. The predicted octanol–water partition coefficient (Wildman–Crippen LogP) is -0.164. The van der Waals surface area contributed by atoms with E-state index < -0.39 is 17.9 Å². The lowest BCUT2D eigenvalue weighted by molar-refractivity contribution is -0.123.